The van der Waals surface area contributed by atoms with Crippen LogP contribution in [0, 0.1) is 0 Å². The maximum atomic E-state index is 12.5. The zero-order valence-electron chi connectivity index (χ0n) is 17.3. The second-order valence-corrected chi connectivity index (χ2v) is 7.49. The number of rotatable bonds is 7. The predicted molar refractivity (Wildman–Crippen MR) is 116 cm³/mol. The summed E-state index contributed by atoms with van der Waals surface area (Å²) in [7, 11) is 0. The molecule has 0 atom stereocenters. The number of aromatic nitrogens is 2. The molecule has 1 fully saturated rings. The Morgan fingerprint density at radius 1 is 1.00 bits per heavy atom. The average Bonchev–Trinajstić information content (AvgIpc) is 3.24. The van der Waals surface area contributed by atoms with Crippen molar-refractivity contribution in [2.24, 2.45) is 0 Å². The van der Waals surface area contributed by atoms with Crippen LogP contribution in [-0.2, 0) is 17.8 Å². The van der Waals surface area contributed by atoms with Gasteiger partial charge >= 0.3 is 0 Å². The van der Waals surface area contributed by atoms with Crippen molar-refractivity contribution in [2.75, 3.05) is 38.0 Å². The molecule has 1 aliphatic rings. The Morgan fingerprint density at radius 3 is 2.47 bits per heavy atom. The van der Waals surface area contributed by atoms with Crippen molar-refractivity contribution in [1.82, 2.24) is 19.9 Å². The number of amides is 1. The second kappa shape index (κ2) is 9.65. The number of benzene rings is 2. The van der Waals surface area contributed by atoms with Crippen molar-refractivity contribution in [3.8, 4) is 11.4 Å². The van der Waals surface area contributed by atoms with Gasteiger partial charge in [0.15, 0.2) is 0 Å². The molecular weight excluding hydrogens is 378 g/mol. The van der Waals surface area contributed by atoms with Crippen LogP contribution in [0.3, 0.4) is 0 Å². The third-order valence-electron chi connectivity index (χ3n) is 5.36. The number of nitrogens with one attached hydrogen (secondary N) is 1. The summed E-state index contributed by atoms with van der Waals surface area (Å²) in [5.41, 5.74) is 3.02. The van der Waals surface area contributed by atoms with Gasteiger partial charge in [0, 0.05) is 37.4 Å². The fourth-order valence-corrected chi connectivity index (χ4v) is 3.66. The van der Waals surface area contributed by atoms with Crippen LogP contribution < -0.4 is 5.32 Å². The van der Waals surface area contributed by atoms with E-state index in [1.54, 1.807) is 0 Å². The first-order valence-corrected chi connectivity index (χ1v) is 10.4. The highest BCUT2D eigenvalue weighted by atomic mass is 16.5. The number of piperazine rings is 1. The lowest BCUT2D eigenvalue weighted by Gasteiger charge is -2.33. The third kappa shape index (κ3) is 5.11. The standard InChI is InChI=1S/C23H27N5O2/c1-2-18-8-6-7-11-20(18)24-21(29)16-27-12-14-28(15-13-27)17-22-25-23(26-30-22)19-9-4-3-5-10-19/h3-11H,2,12-17H2,1H3,(H,24,29). The maximum absolute atomic E-state index is 12.5. The second-order valence-electron chi connectivity index (χ2n) is 7.49. The maximum Gasteiger partial charge on any atom is 0.241 e. The Labute approximate surface area is 176 Å². The lowest BCUT2D eigenvalue weighted by molar-refractivity contribution is -0.117. The number of aryl methyl sites for hydroxylation is 1. The van der Waals surface area contributed by atoms with Gasteiger partial charge in [-0.3, -0.25) is 14.6 Å². The van der Waals surface area contributed by atoms with E-state index in [9.17, 15) is 4.79 Å². The Kier molecular flexibility index (Phi) is 6.51. The Balaban J connectivity index is 1.24. The van der Waals surface area contributed by atoms with E-state index in [1.807, 2.05) is 48.5 Å². The monoisotopic (exact) mass is 405 g/mol. The van der Waals surface area contributed by atoms with E-state index in [0.29, 0.717) is 24.8 Å². The number of anilines is 1. The van der Waals surface area contributed by atoms with Gasteiger partial charge in [-0.2, -0.15) is 4.98 Å². The number of carbonyl (C=O) groups is 1. The summed E-state index contributed by atoms with van der Waals surface area (Å²) in [6, 6.07) is 17.8. The minimum absolute atomic E-state index is 0.0359. The molecule has 1 aromatic heterocycles. The molecule has 2 heterocycles. The van der Waals surface area contributed by atoms with Crippen LogP contribution in [0.5, 0.6) is 0 Å². The van der Waals surface area contributed by atoms with Crippen LogP contribution in [0.1, 0.15) is 18.4 Å². The van der Waals surface area contributed by atoms with Gasteiger partial charge in [0.25, 0.3) is 0 Å². The topological polar surface area (TPSA) is 74.5 Å². The van der Waals surface area contributed by atoms with Gasteiger partial charge in [0.05, 0.1) is 13.1 Å². The van der Waals surface area contributed by atoms with Gasteiger partial charge in [0.2, 0.25) is 17.6 Å². The molecule has 3 aromatic rings. The summed E-state index contributed by atoms with van der Waals surface area (Å²) >= 11 is 0. The Morgan fingerprint density at radius 2 is 1.70 bits per heavy atom. The first kappa shape index (κ1) is 20.3. The summed E-state index contributed by atoms with van der Waals surface area (Å²) < 4.78 is 5.42. The summed E-state index contributed by atoms with van der Waals surface area (Å²) in [6.45, 7) is 6.53. The molecule has 0 bridgehead atoms. The van der Waals surface area contributed by atoms with Crippen LogP contribution >= 0.6 is 0 Å². The number of hydrogen-bond acceptors (Lipinski definition) is 6. The highest BCUT2D eigenvalue weighted by Crippen LogP contribution is 2.17. The zero-order chi connectivity index (χ0) is 20.8. The summed E-state index contributed by atoms with van der Waals surface area (Å²) in [5, 5.41) is 7.13. The van der Waals surface area contributed by atoms with Crippen molar-refractivity contribution in [3.05, 3.63) is 66.1 Å². The molecule has 2 aromatic carbocycles. The number of para-hydroxylation sites is 1. The molecule has 7 heteroatoms. The first-order valence-electron chi connectivity index (χ1n) is 10.4. The Hall–Kier alpha value is -3.03. The molecule has 1 amide bonds. The van der Waals surface area contributed by atoms with Crippen molar-refractivity contribution in [2.45, 2.75) is 19.9 Å². The van der Waals surface area contributed by atoms with E-state index >= 15 is 0 Å². The number of nitrogens with zero attached hydrogens (tertiary/aromatic N) is 4. The van der Waals surface area contributed by atoms with Crippen molar-refractivity contribution in [1.29, 1.82) is 0 Å². The van der Waals surface area contributed by atoms with Gasteiger partial charge in [-0.1, -0.05) is 60.6 Å². The normalized spacial score (nSPS) is 15.2. The molecule has 0 saturated carbocycles. The molecule has 0 unspecified atom stereocenters. The lowest BCUT2D eigenvalue weighted by atomic mass is 10.1. The SMILES string of the molecule is CCc1ccccc1NC(=O)CN1CCN(Cc2nc(-c3ccccc3)no2)CC1. The Bertz CT molecular complexity index is 964. The van der Waals surface area contributed by atoms with Crippen LogP contribution in [0.25, 0.3) is 11.4 Å². The average molecular weight is 406 g/mol. The first-order chi connectivity index (χ1) is 14.7. The predicted octanol–water partition coefficient (Wildman–Crippen LogP) is 3.06. The van der Waals surface area contributed by atoms with Crippen LogP contribution in [-0.4, -0.2) is 58.6 Å². The van der Waals surface area contributed by atoms with Gasteiger partial charge < -0.3 is 9.84 Å². The molecule has 0 aliphatic carbocycles. The molecule has 0 spiro atoms. The van der Waals surface area contributed by atoms with Gasteiger partial charge in [-0.05, 0) is 18.1 Å². The van der Waals surface area contributed by atoms with Gasteiger partial charge in [-0.25, -0.2) is 0 Å². The fraction of sp³-hybridized carbons (Fsp3) is 0.348. The van der Waals surface area contributed by atoms with E-state index in [4.69, 9.17) is 4.52 Å². The molecule has 1 aliphatic heterocycles. The highest BCUT2D eigenvalue weighted by Gasteiger charge is 2.21. The van der Waals surface area contributed by atoms with E-state index in [0.717, 1.165) is 49.4 Å². The molecule has 1 N–H and O–H groups in total. The van der Waals surface area contributed by atoms with Crippen LogP contribution in [0.4, 0.5) is 5.69 Å². The van der Waals surface area contributed by atoms with Crippen LogP contribution in [0.2, 0.25) is 0 Å². The fourth-order valence-electron chi connectivity index (χ4n) is 3.66. The quantitative estimate of drug-likeness (QED) is 0.651. The van der Waals surface area contributed by atoms with Crippen molar-refractivity contribution >= 4 is 11.6 Å². The zero-order valence-corrected chi connectivity index (χ0v) is 17.3. The summed E-state index contributed by atoms with van der Waals surface area (Å²) in [6.07, 6.45) is 0.900. The molecule has 0 radical (unpaired) electrons. The molecule has 7 nitrogen and oxygen atoms in total. The van der Waals surface area contributed by atoms with Gasteiger partial charge in [-0.15, -0.1) is 0 Å². The molecule has 1 saturated heterocycles. The third-order valence-corrected chi connectivity index (χ3v) is 5.36. The van der Waals surface area contributed by atoms with Crippen molar-refractivity contribution < 1.29 is 9.32 Å². The number of carbonyl (C=O) groups excluding carboxylic acids is 1. The smallest absolute Gasteiger partial charge is 0.241 e. The van der Waals surface area contributed by atoms with Gasteiger partial charge in [0.1, 0.15) is 0 Å². The molecule has 4 rings (SSSR count). The molecule has 30 heavy (non-hydrogen) atoms. The summed E-state index contributed by atoms with van der Waals surface area (Å²) in [5.74, 6) is 1.28. The van der Waals surface area contributed by atoms with E-state index < -0.39 is 0 Å². The number of hydrogen-bond donors (Lipinski definition) is 1. The molecular formula is C23H27N5O2. The van der Waals surface area contributed by atoms with Crippen molar-refractivity contribution in [3.63, 3.8) is 0 Å². The van der Waals surface area contributed by atoms with E-state index in [-0.39, 0.29) is 5.91 Å². The largest absolute Gasteiger partial charge is 0.338 e. The van der Waals surface area contributed by atoms with E-state index in [2.05, 4.69) is 38.2 Å². The minimum atomic E-state index is 0.0359. The molecule has 156 valence electrons. The minimum Gasteiger partial charge on any atom is -0.338 e. The highest BCUT2D eigenvalue weighted by molar-refractivity contribution is 5.93. The summed E-state index contributed by atoms with van der Waals surface area (Å²) in [4.78, 5) is 21.4. The van der Waals surface area contributed by atoms with Crippen LogP contribution in [0.15, 0.2) is 59.1 Å². The van der Waals surface area contributed by atoms with E-state index in [1.165, 1.54) is 0 Å². The lowest BCUT2D eigenvalue weighted by Crippen LogP contribution is -2.48.